The molecule has 132 valence electrons. The van der Waals surface area contributed by atoms with Crippen LogP contribution in [-0.2, 0) is 4.79 Å². The molecule has 0 fully saturated rings. The molecule has 2 heteroatoms. The minimum absolute atomic E-state index is 0.502. The second-order valence-corrected chi connectivity index (χ2v) is 7.21. The molecule has 0 radical (unpaired) electrons. The summed E-state index contributed by atoms with van der Waals surface area (Å²) >= 11 is 0. The van der Waals surface area contributed by atoms with Gasteiger partial charge in [0.2, 0.25) is 0 Å². The Balaban J connectivity index is 3.29. The van der Waals surface area contributed by atoms with Crippen molar-refractivity contribution in [2.45, 2.75) is 117 Å². The van der Waals surface area contributed by atoms with Crippen molar-refractivity contribution in [3.63, 3.8) is 0 Å². The fourth-order valence-electron chi connectivity index (χ4n) is 2.97. The zero-order valence-electron chi connectivity index (χ0n) is 15.5. The minimum atomic E-state index is -0.631. The molecule has 1 unspecified atom stereocenters. The van der Waals surface area contributed by atoms with Gasteiger partial charge in [-0.15, -0.1) is 0 Å². The number of hydrogen-bond acceptors (Lipinski definition) is 1. The first-order valence-electron chi connectivity index (χ1n) is 9.80. The maximum absolute atomic E-state index is 11.2. The number of hydrogen-bond donors (Lipinski definition) is 1. The molecule has 0 bridgehead atoms. The van der Waals surface area contributed by atoms with E-state index in [1.165, 1.54) is 77.0 Å². The number of unbranched alkanes of at least 4 members (excludes halogenated alkanes) is 12. The molecule has 0 heterocycles. The lowest BCUT2D eigenvalue weighted by Gasteiger charge is -2.22. The van der Waals surface area contributed by atoms with Crippen LogP contribution in [0, 0.1) is 5.41 Å². The number of aliphatic carboxylic acids is 1. The lowest BCUT2D eigenvalue weighted by atomic mass is 9.82. The molecule has 0 aromatic carbocycles. The van der Waals surface area contributed by atoms with E-state index in [9.17, 15) is 9.90 Å². The molecule has 0 saturated carbocycles. The zero-order valence-corrected chi connectivity index (χ0v) is 15.5. The number of rotatable bonds is 16. The van der Waals surface area contributed by atoms with Gasteiger partial charge in [-0.3, -0.25) is 4.79 Å². The highest BCUT2D eigenvalue weighted by Crippen LogP contribution is 2.28. The Morgan fingerprint density at radius 2 is 1.09 bits per heavy atom. The van der Waals surface area contributed by atoms with Gasteiger partial charge in [-0.25, -0.2) is 0 Å². The average molecular weight is 313 g/mol. The van der Waals surface area contributed by atoms with E-state index >= 15 is 0 Å². The molecule has 0 saturated heterocycles. The summed E-state index contributed by atoms with van der Waals surface area (Å²) in [7, 11) is 0. The highest BCUT2D eigenvalue weighted by atomic mass is 16.4. The summed E-state index contributed by atoms with van der Waals surface area (Å²) in [5.74, 6) is -0.631. The van der Waals surface area contributed by atoms with Gasteiger partial charge < -0.3 is 5.11 Å². The van der Waals surface area contributed by atoms with Crippen LogP contribution in [0.3, 0.4) is 0 Å². The van der Waals surface area contributed by atoms with E-state index in [2.05, 4.69) is 6.92 Å². The molecule has 0 aromatic rings. The molecule has 0 rings (SSSR count). The largest absolute Gasteiger partial charge is 0.481 e. The summed E-state index contributed by atoms with van der Waals surface area (Å²) in [6.45, 7) is 6.14. The van der Waals surface area contributed by atoms with Crippen molar-refractivity contribution in [2.75, 3.05) is 0 Å². The molecule has 1 atom stereocenters. The normalized spacial score (nSPS) is 14.0. The van der Waals surface area contributed by atoms with E-state index in [0.29, 0.717) is 0 Å². The van der Waals surface area contributed by atoms with Crippen molar-refractivity contribution in [2.24, 2.45) is 5.41 Å². The van der Waals surface area contributed by atoms with Crippen molar-refractivity contribution in [3.8, 4) is 0 Å². The van der Waals surface area contributed by atoms with Crippen molar-refractivity contribution in [3.05, 3.63) is 0 Å². The van der Waals surface area contributed by atoms with E-state index in [4.69, 9.17) is 0 Å². The first kappa shape index (κ1) is 21.5. The Hall–Kier alpha value is -0.530. The molecule has 0 amide bonds. The standard InChI is InChI=1S/C20H40O2/c1-4-6-7-8-9-10-11-12-13-14-15-16-17-18-20(3,5-2)19(21)22/h4-18H2,1-3H3,(H,21,22). The third-order valence-electron chi connectivity index (χ3n) is 5.13. The van der Waals surface area contributed by atoms with Crippen LogP contribution in [0.15, 0.2) is 0 Å². The average Bonchev–Trinajstić information content (AvgIpc) is 2.51. The zero-order chi connectivity index (χ0) is 16.7. The van der Waals surface area contributed by atoms with Gasteiger partial charge in [0.25, 0.3) is 0 Å². The molecule has 0 aliphatic carbocycles. The Labute approximate surface area is 139 Å². The summed E-state index contributed by atoms with van der Waals surface area (Å²) in [6, 6.07) is 0. The highest BCUT2D eigenvalue weighted by Gasteiger charge is 2.29. The Bertz CT molecular complexity index is 262. The maximum atomic E-state index is 11.2. The smallest absolute Gasteiger partial charge is 0.309 e. The number of carboxylic acid groups (broad SMARTS) is 1. The molecule has 0 aliphatic heterocycles. The SMILES string of the molecule is CCCCCCCCCCCCCCCC(C)(CC)C(=O)O. The fraction of sp³-hybridized carbons (Fsp3) is 0.950. The Morgan fingerprint density at radius 1 is 0.727 bits per heavy atom. The second kappa shape index (κ2) is 14.1. The van der Waals surface area contributed by atoms with Gasteiger partial charge in [0.1, 0.15) is 0 Å². The van der Waals surface area contributed by atoms with Gasteiger partial charge >= 0.3 is 5.97 Å². The van der Waals surface area contributed by atoms with Gasteiger partial charge in [0, 0.05) is 0 Å². The van der Waals surface area contributed by atoms with Crippen molar-refractivity contribution < 1.29 is 9.90 Å². The predicted molar refractivity (Wildman–Crippen MR) is 96.3 cm³/mol. The molecule has 0 spiro atoms. The Morgan fingerprint density at radius 3 is 1.41 bits per heavy atom. The quantitative estimate of drug-likeness (QED) is 0.312. The predicted octanol–water partition coefficient (Wildman–Crippen LogP) is 6.97. The van der Waals surface area contributed by atoms with Gasteiger partial charge in [-0.2, -0.15) is 0 Å². The van der Waals surface area contributed by atoms with Crippen molar-refractivity contribution in [1.29, 1.82) is 0 Å². The lowest BCUT2D eigenvalue weighted by Crippen LogP contribution is -2.26. The first-order valence-corrected chi connectivity index (χ1v) is 9.80. The van der Waals surface area contributed by atoms with Crippen LogP contribution in [-0.4, -0.2) is 11.1 Å². The fourth-order valence-corrected chi connectivity index (χ4v) is 2.97. The Kier molecular flexibility index (Phi) is 13.7. The van der Waals surface area contributed by atoms with Gasteiger partial charge in [0.15, 0.2) is 0 Å². The van der Waals surface area contributed by atoms with E-state index in [1.54, 1.807) is 0 Å². The second-order valence-electron chi connectivity index (χ2n) is 7.21. The molecular weight excluding hydrogens is 272 g/mol. The third kappa shape index (κ3) is 11.1. The van der Waals surface area contributed by atoms with Gasteiger partial charge in [-0.1, -0.05) is 97.3 Å². The number of carbonyl (C=O) groups is 1. The molecule has 0 aliphatic rings. The van der Waals surface area contributed by atoms with Crippen molar-refractivity contribution >= 4 is 5.97 Å². The van der Waals surface area contributed by atoms with Crippen LogP contribution >= 0.6 is 0 Å². The third-order valence-corrected chi connectivity index (χ3v) is 5.13. The maximum Gasteiger partial charge on any atom is 0.309 e. The van der Waals surface area contributed by atoms with Crippen LogP contribution in [0.25, 0.3) is 0 Å². The minimum Gasteiger partial charge on any atom is -0.481 e. The van der Waals surface area contributed by atoms with E-state index in [-0.39, 0.29) is 0 Å². The molecular formula is C20H40O2. The summed E-state index contributed by atoms with van der Waals surface area (Å²) in [4.78, 5) is 11.2. The van der Waals surface area contributed by atoms with E-state index in [1.807, 2.05) is 13.8 Å². The first-order chi connectivity index (χ1) is 10.6. The van der Waals surface area contributed by atoms with Crippen molar-refractivity contribution in [1.82, 2.24) is 0 Å². The van der Waals surface area contributed by atoms with Crippen LogP contribution in [0.4, 0.5) is 0 Å². The topological polar surface area (TPSA) is 37.3 Å². The molecule has 1 N–H and O–H groups in total. The van der Waals surface area contributed by atoms with Crippen LogP contribution in [0.1, 0.15) is 117 Å². The van der Waals surface area contributed by atoms with E-state index in [0.717, 1.165) is 19.3 Å². The van der Waals surface area contributed by atoms with E-state index < -0.39 is 11.4 Å². The van der Waals surface area contributed by atoms with Gasteiger partial charge in [-0.05, 0) is 19.8 Å². The lowest BCUT2D eigenvalue weighted by molar-refractivity contribution is -0.148. The van der Waals surface area contributed by atoms with Crippen LogP contribution < -0.4 is 0 Å². The monoisotopic (exact) mass is 312 g/mol. The van der Waals surface area contributed by atoms with Crippen LogP contribution in [0.5, 0.6) is 0 Å². The summed E-state index contributed by atoms with van der Waals surface area (Å²) < 4.78 is 0. The van der Waals surface area contributed by atoms with Gasteiger partial charge in [0.05, 0.1) is 5.41 Å². The highest BCUT2D eigenvalue weighted by molar-refractivity contribution is 5.73. The molecule has 2 nitrogen and oxygen atoms in total. The summed E-state index contributed by atoms with van der Waals surface area (Å²) in [5, 5.41) is 9.22. The number of carboxylic acids is 1. The molecule has 0 aromatic heterocycles. The summed E-state index contributed by atoms with van der Waals surface area (Å²) in [6.07, 6.45) is 19.0. The van der Waals surface area contributed by atoms with Crippen LogP contribution in [0.2, 0.25) is 0 Å². The summed E-state index contributed by atoms with van der Waals surface area (Å²) in [5.41, 5.74) is -0.502. The molecule has 22 heavy (non-hydrogen) atoms.